The Morgan fingerprint density at radius 1 is 1.22 bits per heavy atom. The van der Waals surface area contributed by atoms with Crippen LogP contribution in [-0.4, -0.2) is 32.0 Å². The molecule has 156 valence electrons. The molecular formula is C23H41NO3. The van der Waals surface area contributed by atoms with Crippen LogP contribution in [0.2, 0.25) is 0 Å². The van der Waals surface area contributed by atoms with E-state index in [-0.39, 0.29) is 11.5 Å². The highest BCUT2D eigenvalue weighted by atomic mass is 16.6. The molecule has 5 unspecified atom stereocenters. The lowest BCUT2D eigenvalue weighted by atomic mass is 9.56. The van der Waals surface area contributed by atoms with Gasteiger partial charge in [-0.05, 0) is 31.6 Å². The third-order valence-electron chi connectivity index (χ3n) is 6.97. The highest BCUT2D eigenvalue weighted by Crippen LogP contribution is 2.53. The van der Waals surface area contributed by atoms with Gasteiger partial charge in [0, 0.05) is 17.9 Å². The summed E-state index contributed by atoms with van der Waals surface area (Å²) in [6, 6.07) is 0. The van der Waals surface area contributed by atoms with Crippen LogP contribution in [0.5, 0.6) is 0 Å². The highest BCUT2D eigenvalue weighted by Gasteiger charge is 2.53. The molecule has 0 spiro atoms. The number of hydrogen-bond donors (Lipinski definition) is 1. The molecular weight excluding hydrogens is 338 g/mol. The Morgan fingerprint density at radius 2 is 1.96 bits per heavy atom. The Kier molecular flexibility index (Phi) is 8.65. The predicted octanol–water partition coefficient (Wildman–Crippen LogP) is 5.72. The van der Waals surface area contributed by atoms with Crippen LogP contribution in [0.3, 0.4) is 0 Å². The third-order valence-corrected chi connectivity index (χ3v) is 6.97. The standard InChI is InChI=1S/C23H41NO3/c1-6-8-10-11-12-20-21-17(3)14-18(4)23(15-26-20,19(21)5)16-27-22(25)24-13-9-7-2/h14,18-21H,6-13,15-16H2,1-5H3,(H,24,25). The van der Waals surface area contributed by atoms with Crippen molar-refractivity contribution in [2.24, 2.45) is 23.2 Å². The lowest BCUT2D eigenvalue weighted by Crippen LogP contribution is -2.57. The van der Waals surface area contributed by atoms with Gasteiger partial charge in [-0.25, -0.2) is 4.79 Å². The molecule has 4 heteroatoms. The van der Waals surface area contributed by atoms with E-state index in [9.17, 15) is 4.79 Å². The molecule has 0 aromatic rings. The molecule has 1 amide bonds. The molecule has 1 fully saturated rings. The van der Waals surface area contributed by atoms with Gasteiger partial charge in [0.1, 0.15) is 6.61 Å². The Morgan fingerprint density at radius 3 is 2.67 bits per heavy atom. The number of unbranched alkanes of at least 4 members (excludes halogenated alkanes) is 4. The van der Waals surface area contributed by atoms with Crippen molar-refractivity contribution in [1.29, 1.82) is 0 Å². The number of nitrogens with one attached hydrogen (secondary N) is 1. The van der Waals surface area contributed by atoms with Crippen LogP contribution >= 0.6 is 0 Å². The number of fused-ring (bicyclic) bond motifs is 2. The Labute approximate surface area is 166 Å². The number of carbonyl (C=O) groups excluding carboxylic acids is 1. The van der Waals surface area contributed by atoms with E-state index < -0.39 is 0 Å². The molecule has 0 saturated carbocycles. The van der Waals surface area contributed by atoms with Crippen molar-refractivity contribution in [3.63, 3.8) is 0 Å². The molecule has 0 radical (unpaired) electrons. The van der Waals surface area contributed by atoms with Crippen LogP contribution in [0.15, 0.2) is 11.6 Å². The van der Waals surface area contributed by atoms with Crippen molar-refractivity contribution in [3.05, 3.63) is 11.6 Å². The number of hydrogen-bond acceptors (Lipinski definition) is 3. The van der Waals surface area contributed by atoms with Gasteiger partial charge in [-0.2, -0.15) is 0 Å². The molecule has 1 heterocycles. The van der Waals surface area contributed by atoms with Gasteiger partial charge in [0.05, 0.1) is 12.7 Å². The molecule has 1 aliphatic carbocycles. The quantitative estimate of drug-likeness (QED) is 0.390. The maximum absolute atomic E-state index is 12.1. The SMILES string of the molecule is CCCCCCC1OCC2(COC(=O)NCCCC)C(C)C=C(C)C1C2C. The zero-order valence-corrected chi connectivity index (χ0v) is 18.2. The van der Waals surface area contributed by atoms with Gasteiger partial charge in [-0.3, -0.25) is 0 Å². The van der Waals surface area contributed by atoms with Gasteiger partial charge < -0.3 is 14.8 Å². The average molecular weight is 380 g/mol. The normalized spacial score (nSPS) is 32.7. The molecule has 2 rings (SSSR count). The summed E-state index contributed by atoms with van der Waals surface area (Å²) < 4.78 is 12.1. The molecule has 0 aromatic heterocycles. The first kappa shape index (κ1) is 22.3. The topological polar surface area (TPSA) is 47.6 Å². The summed E-state index contributed by atoms with van der Waals surface area (Å²) in [4.78, 5) is 12.1. The van der Waals surface area contributed by atoms with Crippen LogP contribution in [0.1, 0.15) is 79.6 Å². The molecule has 0 aromatic carbocycles. The van der Waals surface area contributed by atoms with Gasteiger partial charge in [-0.1, -0.05) is 71.4 Å². The second-order valence-corrected chi connectivity index (χ2v) is 8.80. The van der Waals surface area contributed by atoms with E-state index in [1.54, 1.807) is 0 Å². The zero-order chi connectivity index (χ0) is 19.9. The van der Waals surface area contributed by atoms with E-state index >= 15 is 0 Å². The van der Waals surface area contributed by atoms with Gasteiger partial charge in [-0.15, -0.1) is 0 Å². The van der Waals surface area contributed by atoms with E-state index in [0.717, 1.165) is 19.3 Å². The van der Waals surface area contributed by atoms with E-state index in [0.29, 0.717) is 43.6 Å². The van der Waals surface area contributed by atoms with Crippen molar-refractivity contribution < 1.29 is 14.3 Å². The summed E-state index contributed by atoms with van der Waals surface area (Å²) in [7, 11) is 0. The number of amides is 1. The molecule has 2 bridgehead atoms. The lowest BCUT2D eigenvalue weighted by molar-refractivity contribution is -0.165. The molecule has 1 N–H and O–H groups in total. The summed E-state index contributed by atoms with van der Waals surface area (Å²) in [5.74, 6) is 1.27. The van der Waals surface area contributed by atoms with Gasteiger partial charge >= 0.3 is 6.09 Å². The number of carbonyl (C=O) groups is 1. The molecule has 4 nitrogen and oxygen atoms in total. The molecule has 5 atom stereocenters. The summed E-state index contributed by atoms with van der Waals surface area (Å²) >= 11 is 0. The maximum Gasteiger partial charge on any atom is 0.407 e. The minimum atomic E-state index is -0.290. The van der Waals surface area contributed by atoms with Crippen LogP contribution < -0.4 is 5.32 Å². The van der Waals surface area contributed by atoms with Gasteiger partial charge in [0.25, 0.3) is 0 Å². The first-order chi connectivity index (χ1) is 13.0. The van der Waals surface area contributed by atoms with Crippen LogP contribution in [0.4, 0.5) is 4.79 Å². The highest BCUT2D eigenvalue weighted by molar-refractivity contribution is 5.67. The zero-order valence-electron chi connectivity index (χ0n) is 18.2. The van der Waals surface area contributed by atoms with Crippen molar-refractivity contribution >= 4 is 6.09 Å². The van der Waals surface area contributed by atoms with Gasteiger partial charge in [0.15, 0.2) is 0 Å². The minimum Gasteiger partial charge on any atom is -0.449 e. The van der Waals surface area contributed by atoms with E-state index in [1.165, 1.54) is 31.3 Å². The monoisotopic (exact) mass is 379 g/mol. The number of ether oxygens (including phenoxy) is 2. The number of allylic oxidation sites excluding steroid dienone is 1. The fraction of sp³-hybridized carbons (Fsp3) is 0.870. The lowest BCUT2D eigenvalue weighted by Gasteiger charge is -2.55. The molecule has 1 aliphatic heterocycles. The Hall–Kier alpha value is -1.03. The fourth-order valence-corrected chi connectivity index (χ4v) is 5.04. The summed E-state index contributed by atoms with van der Waals surface area (Å²) in [5.41, 5.74) is 1.35. The third kappa shape index (κ3) is 5.28. The van der Waals surface area contributed by atoms with E-state index in [1.807, 2.05) is 0 Å². The summed E-state index contributed by atoms with van der Waals surface area (Å²) in [6.45, 7) is 13.0. The van der Waals surface area contributed by atoms with Gasteiger partial charge in [0.2, 0.25) is 0 Å². The second-order valence-electron chi connectivity index (χ2n) is 8.80. The molecule has 2 aliphatic rings. The smallest absolute Gasteiger partial charge is 0.407 e. The molecule has 1 saturated heterocycles. The van der Waals surface area contributed by atoms with E-state index in [4.69, 9.17) is 9.47 Å². The first-order valence-corrected chi connectivity index (χ1v) is 11.2. The Bertz CT molecular complexity index is 504. The Balaban J connectivity index is 2.00. The van der Waals surface area contributed by atoms with Crippen LogP contribution in [0, 0.1) is 23.2 Å². The predicted molar refractivity (Wildman–Crippen MR) is 111 cm³/mol. The fourth-order valence-electron chi connectivity index (χ4n) is 5.04. The second kappa shape index (κ2) is 10.5. The van der Waals surface area contributed by atoms with Crippen LogP contribution in [-0.2, 0) is 9.47 Å². The van der Waals surface area contributed by atoms with Crippen molar-refractivity contribution in [3.8, 4) is 0 Å². The largest absolute Gasteiger partial charge is 0.449 e. The summed E-state index contributed by atoms with van der Waals surface area (Å²) in [5, 5.41) is 2.86. The van der Waals surface area contributed by atoms with Crippen molar-refractivity contribution in [2.45, 2.75) is 85.7 Å². The minimum absolute atomic E-state index is 0.105. The van der Waals surface area contributed by atoms with Crippen molar-refractivity contribution in [1.82, 2.24) is 5.32 Å². The van der Waals surface area contributed by atoms with E-state index in [2.05, 4.69) is 46.0 Å². The first-order valence-electron chi connectivity index (χ1n) is 11.2. The maximum atomic E-state index is 12.1. The average Bonchev–Trinajstić information content (AvgIpc) is 2.63. The molecule has 27 heavy (non-hydrogen) atoms. The van der Waals surface area contributed by atoms with Crippen molar-refractivity contribution in [2.75, 3.05) is 19.8 Å². The van der Waals surface area contributed by atoms with Crippen LogP contribution in [0.25, 0.3) is 0 Å². The number of rotatable bonds is 10. The number of alkyl carbamates (subject to hydrolysis) is 1. The summed E-state index contributed by atoms with van der Waals surface area (Å²) in [6.07, 6.45) is 10.7.